The van der Waals surface area contributed by atoms with Gasteiger partial charge in [-0.1, -0.05) is 38.1 Å². The van der Waals surface area contributed by atoms with Gasteiger partial charge in [-0.15, -0.1) is 24.0 Å². The zero-order valence-electron chi connectivity index (χ0n) is 17.7. The van der Waals surface area contributed by atoms with Crippen LogP contribution >= 0.6 is 24.0 Å². The molecule has 0 unspecified atom stereocenters. The Kier molecular flexibility index (Phi) is 13.5. The van der Waals surface area contributed by atoms with Gasteiger partial charge in [0, 0.05) is 39.3 Å². The summed E-state index contributed by atoms with van der Waals surface area (Å²) in [5, 5.41) is 6.83. The third-order valence-corrected chi connectivity index (χ3v) is 4.98. The van der Waals surface area contributed by atoms with Crippen molar-refractivity contribution < 1.29 is 4.74 Å². The van der Waals surface area contributed by atoms with Crippen molar-refractivity contribution in [3.8, 4) is 0 Å². The Bertz CT molecular complexity index is 559. The third-order valence-electron chi connectivity index (χ3n) is 4.98. The van der Waals surface area contributed by atoms with E-state index in [9.17, 15) is 0 Å². The summed E-state index contributed by atoms with van der Waals surface area (Å²) in [6.07, 6.45) is 0. The highest BCUT2D eigenvalue weighted by Crippen LogP contribution is 2.13. The lowest BCUT2D eigenvalue weighted by molar-refractivity contribution is 0.0389. The molecule has 1 aromatic carbocycles. The average molecular weight is 503 g/mol. The van der Waals surface area contributed by atoms with E-state index in [-0.39, 0.29) is 24.0 Å². The summed E-state index contributed by atoms with van der Waals surface area (Å²) >= 11 is 0. The summed E-state index contributed by atoms with van der Waals surface area (Å²) in [5.41, 5.74) is 2.67. The summed E-state index contributed by atoms with van der Waals surface area (Å²) in [6, 6.07) is 8.65. The fourth-order valence-corrected chi connectivity index (χ4v) is 3.22. The highest BCUT2D eigenvalue weighted by atomic mass is 127. The van der Waals surface area contributed by atoms with Crippen molar-refractivity contribution in [2.75, 3.05) is 59.0 Å². The number of nitrogens with zero attached hydrogens (tertiary/aromatic N) is 3. The van der Waals surface area contributed by atoms with Crippen LogP contribution in [0.2, 0.25) is 0 Å². The standard InChI is InChI=1S/C21H37N5O.HI/c1-4-22-21(23-11-12-26-13-15-27-16-14-26)24-17-19-9-7-8-10-20(19)18-25(5-2)6-3;/h7-10H,4-6,11-18H2,1-3H3,(H2,22,23,24);1H. The van der Waals surface area contributed by atoms with E-state index >= 15 is 0 Å². The Labute approximate surface area is 188 Å². The molecule has 2 N–H and O–H groups in total. The number of halogens is 1. The summed E-state index contributed by atoms with van der Waals surface area (Å²) in [6.45, 7) is 16.9. The highest BCUT2D eigenvalue weighted by Gasteiger charge is 2.10. The van der Waals surface area contributed by atoms with Gasteiger partial charge in [0.1, 0.15) is 0 Å². The Morgan fingerprint density at radius 1 is 1.07 bits per heavy atom. The zero-order chi connectivity index (χ0) is 19.3. The van der Waals surface area contributed by atoms with Gasteiger partial charge in [0.2, 0.25) is 0 Å². The van der Waals surface area contributed by atoms with E-state index in [0.717, 1.165) is 71.5 Å². The minimum Gasteiger partial charge on any atom is -0.379 e. The number of aliphatic imine (C=N–C) groups is 1. The summed E-state index contributed by atoms with van der Waals surface area (Å²) in [4.78, 5) is 9.69. The van der Waals surface area contributed by atoms with E-state index in [1.54, 1.807) is 0 Å². The van der Waals surface area contributed by atoms with E-state index in [2.05, 4.69) is 65.5 Å². The number of nitrogens with one attached hydrogen (secondary N) is 2. The van der Waals surface area contributed by atoms with Crippen LogP contribution in [-0.4, -0.2) is 74.8 Å². The Morgan fingerprint density at radius 3 is 2.39 bits per heavy atom. The van der Waals surface area contributed by atoms with E-state index in [1.165, 1.54) is 11.1 Å². The molecule has 0 atom stereocenters. The van der Waals surface area contributed by atoms with Crippen LogP contribution in [0.3, 0.4) is 0 Å². The first-order valence-corrected chi connectivity index (χ1v) is 10.4. The van der Waals surface area contributed by atoms with Crippen LogP contribution in [0.5, 0.6) is 0 Å². The lowest BCUT2D eigenvalue weighted by Gasteiger charge is -2.26. The van der Waals surface area contributed by atoms with E-state index in [0.29, 0.717) is 6.54 Å². The molecular weight excluding hydrogens is 465 g/mol. The second-order valence-electron chi connectivity index (χ2n) is 6.81. The Hall–Kier alpha value is -0.900. The largest absolute Gasteiger partial charge is 0.379 e. The second-order valence-corrected chi connectivity index (χ2v) is 6.81. The number of hydrogen-bond acceptors (Lipinski definition) is 4. The number of ether oxygens (including phenoxy) is 1. The maximum absolute atomic E-state index is 5.41. The molecule has 0 aromatic heterocycles. The van der Waals surface area contributed by atoms with Crippen LogP contribution in [0.25, 0.3) is 0 Å². The molecule has 0 saturated carbocycles. The van der Waals surface area contributed by atoms with Gasteiger partial charge >= 0.3 is 0 Å². The average Bonchev–Trinajstić information content (AvgIpc) is 2.71. The molecule has 0 spiro atoms. The number of rotatable bonds is 10. The highest BCUT2D eigenvalue weighted by molar-refractivity contribution is 14.0. The normalized spacial score (nSPS) is 15.4. The van der Waals surface area contributed by atoms with E-state index < -0.39 is 0 Å². The SMILES string of the molecule is CCNC(=NCc1ccccc1CN(CC)CC)NCCN1CCOCC1.I. The molecule has 160 valence electrons. The first kappa shape index (κ1) is 25.1. The van der Waals surface area contributed by atoms with Crippen molar-refractivity contribution in [1.82, 2.24) is 20.4 Å². The number of guanidine groups is 1. The molecule has 0 bridgehead atoms. The predicted molar refractivity (Wildman–Crippen MR) is 129 cm³/mol. The van der Waals surface area contributed by atoms with Crippen molar-refractivity contribution in [3.63, 3.8) is 0 Å². The lowest BCUT2D eigenvalue weighted by atomic mass is 10.1. The van der Waals surface area contributed by atoms with Crippen molar-refractivity contribution in [2.24, 2.45) is 4.99 Å². The van der Waals surface area contributed by atoms with Gasteiger partial charge in [-0.2, -0.15) is 0 Å². The van der Waals surface area contributed by atoms with Crippen molar-refractivity contribution in [2.45, 2.75) is 33.9 Å². The molecule has 0 radical (unpaired) electrons. The number of hydrogen-bond donors (Lipinski definition) is 2. The number of morpholine rings is 1. The monoisotopic (exact) mass is 503 g/mol. The van der Waals surface area contributed by atoms with Gasteiger partial charge in [-0.05, 0) is 31.1 Å². The van der Waals surface area contributed by atoms with Crippen LogP contribution in [0.1, 0.15) is 31.9 Å². The Morgan fingerprint density at radius 2 is 1.75 bits per heavy atom. The van der Waals surface area contributed by atoms with E-state index in [1.807, 2.05) is 0 Å². The van der Waals surface area contributed by atoms with Gasteiger partial charge in [0.15, 0.2) is 5.96 Å². The van der Waals surface area contributed by atoms with Gasteiger partial charge in [0.05, 0.1) is 19.8 Å². The second kappa shape index (κ2) is 15.0. The summed E-state index contributed by atoms with van der Waals surface area (Å²) in [7, 11) is 0. The molecule has 1 fully saturated rings. The van der Waals surface area contributed by atoms with Crippen LogP contribution in [0.4, 0.5) is 0 Å². The van der Waals surface area contributed by atoms with Gasteiger partial charge < -0.3 is 15.4 Å². The molecule has 2 rings (SSSR count). The smallest absolute Gasteiger partial charge is 0.191 e. The molecule has 0 aliphatic carbocycles. The topological polar surface area (TPSA) is 52.1 Å². The molecule has 28 heavy (non-hydrogen) atoms. The molecule has 7 heteroatoms. The Balaban J connectivity index is 0.00000392. The van der Waals surface area contributed by atoms with Crippen molar-refractivity contribution in [1.29, 1.82) is 0 Å². The molecule has 6 nitrogen and oxygen atoms in total. The lowest BCUT2D eigenvalue weighted by Crippen LogP contribution is -2.44. The molecular formula is C21H38IN5O. The van der Waals surface area contributed by atoms with Gasteiger partial charge in [-0.25, -0.2) is 4.99 Å². The van der Waals surface area contributed by atoms with Crippen molar-refractivity contribution >= 4 is 29.9 Å². The molecule has 1 aromatic rings. The zero-order valence-corrected chi connectivity index (χ0v) is 20.1. The maximum Gasteiger partial charge on any atom is 0.191 e. The minimum atomic E-state index is 0. The van der Waals surface area contributed by atoms with Crippen LogP contribution in [0.15, 0.2) is 29.3 Å². The van der Waals surface area contributed by atoms with Gasteiger partial charge in [0.25, 0.3) is 0 Å². The fourth-order valence-electron chi connectivity index (χ4n) is 3.22. The van der Waals surface area contributed by atoms with Crippen molar-refractivity contribution in [3.05, 3.63) is 35.4 Å². The van der Waals surface area contributed by atoms with E-state index in [4.69, 9.17) is 9.73 Å². The molecule has 1 aliphatic heterocycles. The molecule has 1 aliphatic rings. The third kappa shape index (κ3) is 9.07. The first-order chi connectivity index (χ1) is 13.3. The minimum absolute atomic E-state index is 0. The molecule has 1 heterocycles. The predicted octanol–water partition coefficient (Wildman–Crippen LogP) is 2.53. The molecule has 0 amide bonds. The quantitative estimate of drug-likeness (QED) is 0.292. The first-order valence-electron chi connectivity index (χ1n) is 10.4. The van der Waals surface area contributed by atoms with Gasteiger partial charge in [-0.3, -0.25) is 9.80 Å². The van der Waals surface area contributed by atoms with Crippen LogP contribution in [-0.2, 0) is 17.8 Å². The molecule has 1 saturated heterocycles. The fraction of sp³-hybridized carbons (Fsp3) is 0.667. The summed E-state index contributed by atoms with van der Waals surface area (Å²) in [5.74, 6) is 0.892. The summed E-state index contributed by atoms with van der Waals surface area (Å²) < 4.78 is 5.41. The van der Waals surface area contributed by atoms with Crippen LogP contribution in [0, 0.1) is 0 Å². The number of benzene rings is 1. The maximum atomic E-state index is 5.41. The van der Waals surface area contributed by atoms with Crippen LogP contribution < -0.4 is 10.6 Å².